The topological polar surface area (TPSA) is 40.7 Å². The minimum absolute atomic E-state index is 0.306. The third-order valence-corrected chi connectivity index (χ3v) is 3.72. The van der Waals surface area contributed by atoms with Crippen molar-refractivity contribution in [3.05, 3.63) is 60.3 Å². The minimum atomic E-state index is 0.306. The zero-order valence-corrected chi connectivity index (χ0v) is 12.5. The maximum Gasteiger partial charge on any atom is 0.0881 e. The Morgan fingerprint density at radius 1 is 1.05 bits per heavy atom. The highest BCUT2D eigenvalue weighted by molar-refractivity contribution is 5.90. The number of aromatic amines is 1. The normalized spacial score (nSPS) is 12.7. The van der Waals surface area contributed by atoms with Crippen LogP contribution in [-0.4, -0.2) is 10.2 Å². The molecule has 2 N–H and O–H groups in total. The highest BCUT2D eigenvalue weighted by atomic mass is 15.1. The van der Waals surface area contributed by atoms with Gasteiger partial charge in [0.05, 0.1) is 23.4 Å². The van der Waals surface area contributed by atoms with Crippen LogP contribution in [0.5, 0.6) is 0 Å². The number of fused-ring (bicyclic) bond motifs is 1. The molecule has 1 atom stereocenters. The molecule has 0 aliphatic heterocycles. The van der Waals surface area contributed by atoms with Gasteiger partial charge in [-0.05, 0) is 24.0 Å². The lowest BCUT2D eigenvalue weighted by molar-refractivity contribution is 0.531. The first-order valence-corrected chi connectivity index (χ1v) is 7.47. The average Bonchev–Trinajstić information content (AvgIpc) is 2.96. The summed E-state index contributed by atoms with van der Waals surface area (Å²) in [4.78, 5) is 0. The van der Waals surface area contributed by atoms with Crippen molar-refractivity contribution in [3.8, 4) is 0 Å². The molecule has 3 nitrogen and oxygen atoms in total. The van der Waals surface area contributed by atoms with Gasteiger partial charge in [0.25, 0.3) is 0 Å². The number of H-pyrrole nitrogens is 1. The van der Waals surface area contributed by atoms with E-state index in [4.69, 9.17) is 0 Å². The molecule has 1 heterocycles. The average molecular weight is 279 g/mol. The van der Waals surface area contributed by atoms with Gasteiger partial charge in [0.15, 0.2) is 0 Å². The number of benzene rings is 2. The Hall–Kier alpha value is -2.29. The van der Waals surface area contributed by atoms with Crippen molar-refractivity contribution in [2.75, 3.05) is 5.32 Å². The van der Waals surface area contributed by atoms with Crippen LogP contribution in [0.2, 0.25) is 0 Å². The van der Waals surface area contributed by atoms with Gasteiger partial charge in [-0.3, -0.25) is 5.10 Å². The summed E-state index contributed by atoms with van der Waals surface area (Å²) in [5, 5.41) is 12.0. The molecule has 0 radical (unpaired) electrons. The van der Waals surface area contributed by atoms with Crippen molar-refractivity contribution in [3.63, 3.8) is 0 Å². The molecule has 3 rings (SSSR count). The number of nitrogens with one attached hydrogen (secondary N) is 2. The molecular formula is C18H21N3. The van der Waals surface area contributed by atoms with Crippen LogP contribution < -0.4 is 5.32 Å². The highest BCUT2D eigenvalue weighted by Gasteiger charge is 2.14. The molecule has 1 unspecified atom stereocenters. The van der Waals surface area contributed by atoms with E-state index in [1.54, 1.807) is 0 Å². The number of hydrogen-bond donors (Lipinski definition) is 2. The van der Waals surface area contributed by atoms with Crippen molar-refractivity contribution in [1.29, 1.82) is 0 Å². The molecule has 0 amide bonds. The van der Waals surface area contributed by atoms with Gasteiger partial charge >= 0.3 is 0 Å². The Morgan fingerprint density at radius 2 is 1.86 bits per heavy atom. The maximum absolute atomic E-state index is 4.14. The lowest BCUT2D eigenvalue weighted by atomic mass is 9.96. The van der Waals surface area contributed by atoms with E-state index in [1.165, 1.54) is 5.56 Å². The quantitative estimate of drug-likeness (QED) is 0.706. The minimum Gasteiger partial charge on any atom is -0.376 e. The van der Waals surface area contributed by atoms with Crippen LogP contribution in [0.4, 0.5) is 5.69 Å². The molecule has 1 aromatic heterocycles. The van der Waals surface area contributed by atoms with Gasteiger partial charge in [0.1, 0.15) is 0 Å². The summed E-state index contributed by atoms with van der Waals surface area (Å²) in [6, 6.07) is 17.2. The summed E-state index contributed by atoms with van der Waals surface area (Å²) < 4.78 is 0. The number of aromatic nitrogens is 2. The van der Waals surface area contributed by atoms with Gasteiger partial charge in [-0.1, -0.05) is 56.3 Å². The van der Waals surface area contributed by atoms with E-state index in [-0.39, 0.29) is 0 Å². The standard InChI is InChI=1S/C18H21N3/c1-13(2)11-17(14-7-4-3-5-8-14)20-16-10-6-9-15-12-19-21-18(15)16/h3-10,12-13,17,20H,11H2,1-2H3,(H,19,21). The lowest BCUT2D eigenvalue weighted by Gasteiger charge is -2.22. The second kappa shape index (κ2) is 6.00. The summed E-state index contributed by atoms with van der Waals surface area (Å²) in [5.41, 5.74) is 3.50. The van der Waals surface area contributed by atoms with E-state index in [9.17, 15) is 0 Å². The Bertz CT molecular complexity index is 701. The monoisotopic (exact) mass is 279 g/mol. The Morgan fingerprint density at radius 3 is 2.62 bits per heavy atom. The van der Waals surface area contributed by atoms with Crippen LogP contribution in [0.25, 0.3) is 10.9 Å². The number of nitrogens with zero attached hydrogens (tertiary/aromatic N) is 1. The summed E-state index contributed by atoms with van der Waals surface area (Å²) in [6.45, 7) is 4.52. The number of hydrogen-bond acceptors (Lipinski definition) is 2. The van der Waals surface area contributed by atoms with E-state index in [2.05, 4.69) is 77.9 Å². The largest absolute Gasteiger partial charge is 0.376 e. The fraction of sp³-hybridized carbons (Fsp3) is 0.278. The second-order valence-electron chi connectivity index (χ2n) is 5.88. The van der Waals surface area contributed by atoms with Crippen molar-refractivity contribution in [2.24, 2.45) is 5.92 Å². The van der Waals surface area contributed by atoms with Gasteiger partial charge in [0.2, 0.25) is 0 Å². The van der Waals surface area contributed by atoms with Crippen LogP contribution in [-0.2, 0) is 0 Å². The Labute approximate surface area is 125 Å². The molecule has 0 aliphatic rings. The summed E-state index contributed by atoms with van der Waals surface area (Å²) in [7, 11) is 0. The van der Waals surface area contributed by atoms with Gasteiger partial charge < -0.3 is 5.32 Å². The molecule has 2 aromatic carbocycles. The predicted molar refractivity (Wildman–Crippen MR) is 88.4 cm³/mol. The SMILES string of the molecule is CC(C)CC(Nc1cccc2cn[nH]c12)c1ccccc1. The molecule has 108 valence electrons. The van der Waals surface area contributed by atoms with Crippen LogP contribution in [0.15, 0.2) is 54.7 Å². The molecule has 3 aromatic rings. The molecular weight excluding hydrogens is 258 g/mol. The van der Waals surface area contributed by atoms with E-state index in [0.29, 0.717) is 12.0 Å². The zero-order valence-electron chi connectivity index (χ0n) is 12.5. The van der Waals surface area contributed by atoms with Crippen LogP contribution in [0.3, 0.4) is 0 Å². The first-order valence-electron chi connectivity index (χ1n) is 7.47. The highest BCUT2D eigenvalue weighted by Crippen LogP contribution is 2.29. The number of para-hydroxylation sites is 1. The molecule has 21 heavy (non-hydrogen) atoms. The number of rotatable bonds is 5. The summed E-state index contributed by atoms with van der Waals surface area (Å²) in [5.74, 6) is 0.628. The molecule has 0 aliphatic carbocycles. The Kier molecular flexibility index (Phi) is 3.91. The summed E-state index contributed by atoms with van der Waals surface area (Å²) >= 11 is 0. The fourth-order valence-electron chi connectivity index (χ4n) is 2.71. The van der Waals surface area contributed by atoms with Crippen LogP contribution >= 0.6 is 0 Å². The first kappa shape index (κ1) is 13.7. The summed E-state index contributed by atoms with van der Waals surface area (Å²) in [6.07, 6.45) is 2.95. The maximum atomic E-state index is 4.14. The third kappa shape index (κ3) is 3.07. The van der Waals surface area contributed by atoms with Crippen LogP contribution in [0.1, 0.15) is 31.9 Å². The lowest BCUT2D eigenvalue weighted by Crippen LogP contribution is -2.13. The molecule has 3 heteroatoms. The van der Waals surface area contributed by atoms with Gasteiger partial charge in [-0.25, -0.2) is 0 Å². The van der Waals surface area contributed by atoms with Gasteiger partial charge in [-0.15, -0.1) is 0 Å². The van der Waals surface area contributed by atoms with Gasteiger partial charge in [0, 0.05) is 5.39 Å². The Balaban J connectivity index is 1.93. The molecule has 0 fully saturated rings. The van der Waals surface area contributed by atoms with E-state index < -0.39 is 0 Å². The zero-order chi connectivity index (χ0) is 14.7. The molecule has 0 spiro atoms. The first-order chi connectivity index (χ1) is 10.2. The molecule has 0 saturated carbocycles. The smallest absolute Gasteiger partial charge is 0.0881 e. The second-order valence-corrected chi connectivity index (χ2v) is 5.88. The van der Waals surface area contributed by atoms with E-state index >= 15 is 0 Å². The molecule has 0 bridgehead atoms. The molecule has 0 saturated heterocycles. The predicted octanol–water partition coefficient (Wildman–Crippen LogP) is 4.76. The number of anilines is 1. The van der Waals surface area contributed by atoms with Crippen molar-refractivity contribution < 1.29 is 0 Å². The van der Waals surface area contributed by atoms with Gasteiger partial charge in [-0.2, -0.15) is 5.10 Å². The fourth-order valence-corrected chi connectivity index (χ4v) is 2.71. The third-order valence-electron chi connectivity index (χ3n) is 3.72. The van der Waals surface area contributed by atoms with E-state index in [0.717, 1.165) is 23.0 Å². The van der Waals surface area contributed by atoms with Crippen molar-refractivity contribution in [2.45, 2.75) is 26.3 Å². The van der Waals surface area contributed by atoms with Crippen molar-refractivity contribution in [1.82, 2.24) is 10.2 Å². The van der Waals surface area contributed by atoms with Crippen LogP contribution in [0, 0.1) is 5.92 Å². The van der Waals surface area contributed by atoms with E-state index in [1.807, 2.05) is 6.20 Å². The van der Waals surface area contributed by atoms with Crippen molar-refractivity contribution >= 4 is 16.6 Å².